The van der Waals surface area contributed by atoms with Crippen LogP contribution in [0.2, 0.25) is 0 Å². The maximum atomic E-state index is 12.7. The number of carbonyl (C=O) groups is 1. The molecule has 138 valence electrons. The molecular weight excluding hydrogens is 352 g/mol. The van der Waals surface area contributed by atoms with Crippen LogP contribution in [0, 0.1) is 12.8 Å². The molecule has 6 nitrogen and oxygen atoms in total. The van der Waals surface area contributed by atoms with Crippen molar-refractivity contribution in [2.75, 3.05) is 17.1 Å². The second-order valence-electron chi connectivity index (χ2n) is 6.43. The number of ether oxygens (including phenoxy) is 1. The highest BCUT2D eigenvalue weighted by Crippen LogP contribution is 2.29. The van der Waals surface area contributed by atoms with Crippen molar-refractivity contribution in [3.63, 3.8) is 0 Å². The summed E-state index contributed by atoms with van der Waals surface area (Å²) in [7, 11) is -2.22. The molecule has 7 heteroatoms. The molecule has 0 aromatic heterocycles. The van der Waals surface area contributed by atoms with Gasteiger partial charge in [-0.15, -0.1) is 0 Å². The van der Waals surface area contributed by atoms with E-state index in [9.17, 15) is 13.2 Å². The number of methoxy groups -OCH3 is 1. The zero-order valence-electron chi connectivity index (χ0n) is 14.8. The number of hydrogen-bond acceptors (Lipinski definition) is 4. The van der Waals surface area contributed by atoms with Gasteiger partial charge in [-0.1, -0.05) is 12.5 Å². The van der Waals surface area contributed by atoms with E-state index in [-0.39, 0.29) is 16.7 Å². The van der Waals surface area contributed by atoms with Crippen LogP contribution in [-0.2, 0) is 14.8 Å². The summed E-state index contributed by atoms with van der Waals surface area (Å²) in [4.78, 5) is 12.3. The molecule has 0 heterocycles. The first-order valence-electron chi connectivity index (χ1n) is 8.47. The average molecular weight is 374 g/mol. The van der Waals surface area contributed by atoms with Crippen LogP contribution in [0.25, 0.3) is 0 Å². The molecule has 1 aliphatic rings. The number of carbonyl (C=O) groups excluding carboxylic acids is 1. The highest BCUT2D eigenvalue weighted by atomic mass is 32.2. The van der Waals surface area contributed by atoms with E-state index in [0.717, 1.165) is 24.8 Å². The van der Waals surface area contributed by atoms with Gasteiger partial charge in [0.2, 0.25) is 5.91 Å². The number of sulfonamides is 1. The van der Waals surface area contributed by atoms with Gasteiger partial charge in [0, 0.05) is 17.3 Å². The molecule has 1 saturated carbocycles. The van der Waals surface area contributed by atoms with Gasteiger partial charge >= 0.3 is 0 Å². The van der Waals surface area contributed by atoms with Gasteiger partial charge in [-0.05, 0) is 61.7 Å². The zero-order chi connectivity index (χ0) is 18.7. The third-order valence-corrected chi connectivity index (χ3v) is 5.97. The molecule has 0 bridgehead atoms. The van der Waals surface area contributed by atoms with Gasteiger partial charge in [0.1, 0.15) is 5.75 Å². The lowest BCUT2D eigenvalue weighted by molar-refractivity contribution is -0.122. The Morgan fingerprint density at radius 2 is 1.81 bits per heavy atom. The number of rotatable bonds is 6. The van der Waals surface area contributed by atoms with Gasteiger partial charge < -0.3 is 10.1 Å². The third-order valence-electron chi connectivity index (χ3n) is 4.60. The predicted octanol–water partition coefficient (Wildman–Crippen LogP) is 3.54. The number of amides is 1. The van der Waals surface area contributed by atoms with Crippen molar-refractivity contribution in [2.24, 2.45) is 5.92 Å². The lowest BCUT2D eigenvalue weighted by Crippen LogP contribution is -2.28. The first kappa shape index (κ1) is 18.3. The van der Waals surface area contributed by atoms with E-state index in [2.05, 4.69) is 10.0 Å². The van der Waals surface area contributed by atoms with Gasteiger partial charge in [0.25, 0.3) is 10.0 Å². The molecular formula is C19H22N2O4S. The first-order chi connectivity index (χ1) is 12.4. The minimum absolute atomic E-state index is 0.0343. The van der Waals surface area contributed by atoms with Gasteiger partial charge in [-0.2, -0.15) is 0 Å². The second-order valence-corrected chi connectivity index (χ2v) is 8.11. The fourth-order valence-corrected chi connectivity index (χ4v) is 3.77. The molecule has 1 aliphatic carbocycles. The maximum absolute atomic E-state index is 12.7. The number of benzene rings is 2. The summed E-state index contributed by atoms with van der Waals surface area (Å²) in [5, 5.41) is 2.86. The summed E-state index contributed by atoms with van der Waals surface area (Å²) >= 11 is 0. The molecule has 1 amide bonds. The van der Waals surface area contributed by atoms with Crippen molar-refractivity contribution >= 4 is 27.3 Å². The Morgan fingerprint density at radius 3 is 2.38 bits per heavy atom. The summed E-state index contributed by atoms with van der Waals surface area (Å²) in [5.74, 6) is 0.633. The van der Waals surface area contributed by atoms with Crippen LogP contribution < -0.4 is 14.8 Å². The highest BCUT2D eigenvalue weighted by molar-refractivity contribution is 7.92. The van der Waals surface area contributed by atoms with Gasteiger partial charge in [0.15, 0.2) is 0 Å². The third kappa shape index (κ3) is 3.99. The maximum Gasteiger partial charge on any atom is 0.261 e. The van der Waals surface area contributed by atoms with Crippen molar-refractivity contribution in [2.45, 2.75) is 31.1 Å². The summed E-state index contributed by atoms with van der Waals surface area (Å²) in [6.07, 6.45) is 2.85. The summed E-state index contributed by atoms with van der Waals surface area (Å²) in [6.45, 7) is 1.84. The Kier molecular flexibility index (Phi) is 5.18. The highest BCUT2D eigenvalue weighted by Gasteiger charge is 2.26. The Balaban J connectivity index is 1.80. The molecule has 3 rings (SSSR count). The lowest BCUT2D eigenvalue weighted by atomic mass is 9.85. The van der Waals surface area contributed by atoms with Gasteiger partial charge in [0.05, 0.1) is 12.0 Å². The molecule has 0 atom stereocenters. The van der Waals surface area contributed by atoms with E-state index in [0.29, 0.717) is 17.1 Å². The SMILES string of the molecule is COc1ccc(NS(=O)(=O)c2ccc(C)c(NC(=O)C3CCC3)c2)cc1. The molecule has 0 spiro atoms. The van der Waals surface area contributed by atoms with E-state index in [1.807, 2.05) is 6.92 Å². The number of nitrogens with one attached hydrogen (secondary N) is 2. The summed E-state index contributed by atoms with van der Waals surface area (Å²) in [6, 6.07) is 11.3. The molecule has 0 radical (unpaired) electrons. The number of anilines is 2. The number of hydrogen-bond donors (Lipinski definition) is 2. The smallest absolute Gasteiger partial charge is 0.261 e. The van der Waals surface area contributed by atoms with Crippen molar-refractivity contribution < 1.29 is 17.9 Å². The molecule has 2 N–H and O–H groups in total. The van der Waals surface area contributed by atoms with Crippen LogP contribution >= 0.6 is 0 Å². The minimum Gasteiger partial charge on any atom is -0.497 e. The Morgan fingerprint density at radius 1 is 1.12 bits per heavy atom. The Bertz CT molecular complexity index is 904. The topological polar surface area (TPSA) is 84.5 Å². The predicted molar refractivity (Wildman–Crippen MR) is 101 cm³/mol. The average Bonchev–Trinajstić information content (AvgIpc) is 2.55. The van der Waals surface area contributed by atoms with Crippen LogP contribution in [0.4, 0.5) is 11.4 Å². The van der Waals surface area contributed by atoms with E-state index in [1.54, 1.807) is 37.4 Å². The van der Waals surface area contributed by atoms with Crippen LogP contribution in [0.1, 0.15) is 24.8 Å². The number of aryl methyl sites for hydroxylation is 1. The van der Waals surface area contributed by atoms with Crippen LogP contribution in [0.5, 0.6) is 5.75 Å². The molecule has 0 saturated heterocycles. The van der Waals surface area contributed by atoms with E-state index < -0.39 is 10.0 Å². The van der Waals surface area contributed by atoms with Crippen LogP contribution in [0.3, 0.4) is 0 Å². The Hall–Kier alpha value is -2.54. The van der Waals surface area contributed by atoms with E-state index >= 15 is 0 Å². The van der Waals surface area contributed by atoms with Gasteiger partial charge in [-0.25, -0.2) is 8.42 Å². The van der Waals surface area contributed by atoms with Crippen molar-refractivity contribution in [1.29, 1.82) is 0 Å². The molecule has 26 heavy (non-hydrogen) atoms. The molecule has 0 aliphatic heterocycles. The van der Waals surface area contributed by atoms with Crippen LogP contribution in [0.15, 0.2) is 47.4 Å². The first-order valence-corrected chi connectivity index (χ1v) is 9.96. The van der Waals surface area contributed by atoms with Gasteiger partial charge in [-0.3, -0.25) is 9.52 Å². The minimum atomic E-state index is -3.76. The largest absolute Gasteiger partial charge is 0.497 e. The molecule has 0 unspecified atom stereocenters. The zero-order valence-corrected chi connectivity index (χ0v) is 15.6. The van der Waals surface area contributed by atoms with Crippen LogP contribution in [-0.4, -0.2) is 21.4 Å². The van der Waals surface area contributed by atoms with E-state index in [4.69, 9.17) is 4.74 Å². The summed E-state index contributed by atoms with van der Waals surface area (Å²) < 4.78 is 32.9. The monoisotopic (exact) mass is 374 g/mol. The molecule has 2 aromatic rings. The fourth-order valence-electron chi connectivity index (χ4n) is 2.68. The normalized spacial score (nSPS) is 14.4. The quantitative estimate of drug-likeness (QED) is 0.810. The van der Waals surface area contributed by atoms with E-state index in [1.165, 1.54) is 12.1 Å². The van der Waals surface area contributed by atoms with Crippen molar-refractivity contribution in [1.82, 2.24) is 0 Å². The lowest BCUT2D eigenvalue weighted by Gasteiger charge is -2.24. The standard InChI is InChI=1S/C19H22N2O4S/c1-13-6-11-17(12-18(13)20-19(22)14-4-3-5-14)26(23,24)21-15-7-9-16(25-2)10-8-15/h6-12,14,21H,3-5H2,1-2H3,(H,20,22). The van der Waals surface area contributed by atoms with Crippen molar-refractivity contribution in [3.05, 3.63) is 48.0 Å². The molecule has 1 fully saturated rings. The summed E-state index contributed by atoms with van der Waals surface area (Å²) in [5.41, 5.74) is 1.78. The Labute approximate surface area is 153 Å². The molecule has 2 aromatic carbocycles. The fraction of sp³-hybridized carbons (Fsp3) is 0.316. The van der Waals surface area contributed by atoms with Crippen molar-refractivity contribution in [3.8, 4) is 5.75 Å². The second kappa shape index (κ2) is 7.37.